The number of rotatable bonds is 3. The van der Waals surface area contributed by atoms with E-state index in [4.69, 9.17) is 5.73 Å². The maximum absolute atomic E-state index is 13.1. The van der Waals surface area contributed by atoms with Crippen LogP contribution in [0.5, 0.6) is 0 Å². The van der Waals surface area contributed by atoms with Crippen molar-refractivity contribution in [2.45, 2.75) is 56.4 Å². The molecule has 3 amide bonds. The Labute approximate surface area is 151 Å². The number of imide groups is 1. The maximum Gasteiger partial charge on any atom is 0.255 e. The summed E-state index contributed by atoms with van der Waals surface area (Å²) >= 11 is 0. The molecular formula is C19H22N4O3. The first-order valence-electron chi connectivity index (χ1n) is 9.22. The zero-order chi connectivity index (χ0) is 18.1. The average Bonchev–Trinajstić information content (AvgIpc) is 3.16. The van der Waals surface area contributed by atoms with E-state index in [9.17, 15) is 14.4 Å². The fourth-order valence-electron chi connectivity index (χ4n) is 5.03. The van der Waals surface area contributed by atoms with Gasteiger partial charge >= 0.3 is 0 Å². The van der Waals surface area contributed by atoms with E-state index in [1.54, 1.807) is 4.90 Å². The van der Waals surface area contributed by atoms with Crippen LogP contribution in [0, 0.1) is 0 Å². The van der Waals surface area contributed by atoms with Crippen LogP contribution in [0.2, 0.25) is 0 Å². The molecule has 4 fully saturated rings. The molecule has 1 aromatic carbocycles. The van der Waals surface area contributed by atoms with Gasteiger partial charge in [0.25, 0.3) is 5.91 Å². The molecule has 1 atom stereocenters. The minimum Gasteiger partial charge on any atom is -0.324 e. The zero-order valence-corrected chi connectivity index (χ0v) is 14.5. The first-order valence-corrected chi connectivity index (χ1v) is 9.22. The number of carbonyl (C=O) groups excluding carboxylic acids is 3. The molecule has 2 bridgehead atoms. The lowest BCUT2D eigenvalue weighted by Crippen LogP contribution is -2.52. The van der Waals surface area contributed by atoms with Crippen LogP contribution in [-0.4, -0.2) is 51.7 Å². The summed E-state index contributed by atoms with van der Waals surface area (Å²) in [5.41, 5.74) is 8.95. The van der Waals surface area contributed by atoms with Crippen molar-refractivity contribution < 1.29 is 14.4 Å². The summed E-state index contributed by atoms with van der Waals surface area (Å²) in [6.07, 6.45) is 2.75. The van der Waals surface area contributed by atoms with E-state index in [2.05, 4.69) is 10.2 Å². The number of nitrogens with two attached hydrogens (primary N) is 1. The minimum atomic E-state index is -0.563. The third-order valence-electron chi connectivity index (χ3n) is 6.33. The number of fused-ring (bicyclic) bond motifs is 2. The summed E-state index contributed by atoms with van der Waals surface area (Å²) in [6, 6.07) is 5.90. The maximum atomic E-state index is 13.1. The van der Waals surface area contributed by atoms with Gasteiger partial charge in [-0.1, -0.05) is 18.2 Å². The normalized spacial score (nSPS) is 33.3. The van der Waals surface area contributed by atoms with Crippen LogP contribution in [0.3, 0.4) is 0 Å². The summed E-state index contributed by atoms with van der Waals surface area (Å²) < 4.78 is 0. The number of carbonyl (C=O) groups is 3. The van der Waals surface area contributed by atoms with E-state index in [1.807, 2.05) is 18.2 Å². The molecule has 4 aliphatic heterocycles. The fraction of sp³-hybridized carbons (Fsp3) is 0.526. The van der Waals surface area contributed by atoms with Crippen molar-refractivity contribution in [1.82, 2.24) is 15.1 Å². The molecule has 1 aromatic rings. The van der Waals surface area contributed by atoms with E-state index < -0.39 is 6.04 Å². The third-order valence-corrected chi connectivity index (χ3v) is 6.33. The van der Waals surface area contributed by atoms with Gasteiger partial charge in [-0.05, 0) is 30.4 Å². The van der Waals surface area contributed by atoms with Crippen molar-refractivity contribution in [2.24, 2.45) is 5.73 Å². The van der Waals surface area contributed by atoms with Crippen LogP contribution in [0.4, 0.5) is 0 Å². The van der Waals surface area contributed by atoms with Crippen molar-refractivity contribution in [2.75, 3.05) is 6.54 Å². The molecule has 1 saturated carbocycles. The second-order valence-electron chi connectivity index (χ2n) is 8.18. The summed E-state index contributed by atoms with van der Waals surface area (Å²) in [4.78, 5) is 40.7. The Morgan fingerprint density at radius 1 is 1.23 bits per heavy atom. The van der Waals surface area contributed by atoms with Gasteiger partial charge in [0.1, 0.15) is 6.04 Å². The molecule has 7 heteroatoms. The summed E-state index contributed by atoms with van der Waals surface area (Å²) in [5, 5.41) is 2.35. The van der Waals surface area contributed by atoms with E-state index >= 15 is 0 Å². The lowest BCUT2D eigenvalue weighted by atomic mass is 9.79. The van der Waals surface area contributed by atoms with Gasteiger partial charge in [0.15, 0.2) is 0 Å². The summed E-state index contributed by atoms with van der Waals surface area (Å²) in [5.74, 6) is -0.728. The van der Waals surface area contributed by atoms with Crippen LogP contribution in [0.1, 0.15) is 47.2 Å². The zero-order valence-electron chi connectivity index (χ0n) is 14.5. The number of amides is 3. The van der Waals surface area contributed by atoms with E-state index in [0.717, 1.165) is 42.6 Å². The van der Waals surface area contributed by atoms with Gasteiger partial charge in [0.05, 0.1) is 0 Å². The van der Waals surface area contributed by atoms with E-state index in [0.29, 0.717) is 19.0 Å². The molecule has 0 spiro atoms. The highest BCUT2D eigenvalue weighted by atomic mass is 16.2. The van der Waals surface area contributed by atoms with Gasteiger partial charge in [-0.25, -0.2) is 0 Å². The van der Waals surface area contributed by atoms with Crippen molar-refractivity contribution in [3.8, 4) is 0 Å². The van der Waals surface area contributed by atoms with Crippen molar-refractivity contribution in [3.05, 3.63) is 34.9 Å². The Bertz CT molecular complexity index is 830. The van der Waals surface area contributed by atoms with Gasteiger partial charge in [-0.3, -0.25) is 24.6 Å². The molecule has 0 aromatic heterocycles. The van der Waals surface area contributed by atoms with Gasteiger partial charge in [0.2, 0.25) is 11.8 Å². The molecule has 5 aliphatic rings. The molecular weight excluding hydrogens is 332 g/mol. The minimum absolute atomic E-state index is 0.0363. The van der Waals surface area contributed by atoms with Crippen LogP contribution in [0.25, 0.3) is 0 Å². The Morgan fingerprint density at radius 3 is 2.73 bits per heavy atom. The van der Waals surface area contributed by atoms with Crippen molar-refractivity contribution in [3.63, 3.8) is 0 Å². The SMILES string of the molecule is NC12CC(C1)N(Cc1cccc3c1C(=O)N(C1CCC(=O)NC1=O)C3)C2. The highest BCUT2D eigenvalue weighted by molar-refractivity contribution is 6.05. The molecule has 6 rings (SSSR count). The molecule has 1 unspecified atom stereocenters. The molecule has 1 aliphatic carbocycles. The first kappa shape index (κ1) is 16.0. The van der Waals surface area contributed by atoms with Gasteiger partial charge < -0.3 is 10.6 Å². The second kappa shape index (κ2) is 5.37. The van der Waals surface area contributed by atoms with E-state index in [1.165, 1.54) is 0 Å². The number of hydrogen-bond acceptors (Lipinski definition) is 5. The largest absolute Gasteiger partial charge is 0.324 e. The number of nitrogens with zero attached hydrogens (tertiary/aromatic N) is 2. The predicted molar refractivity (Wildman–Crippen MR) is 92.8 cm³/mol. The van der Waals surface area contributed by atoms with Crippen LogP contribution >= 0.6 is 0 Å². The number of nitrogens with one attached hydrogen (secondary N) is 1. The van der Waals surface area contributed by atoms with Gasteiger partial charge in [-0.15, -0.1) is 0 Å². The Balaban J connectivity index is 1.39. The number of piperidine rings is 1. The van der Waals surface area contributed by atoms with Crippen molar-refractivity contribution >= 4 is 17.7 Å². The second-order valence-corrected chi connectivity index (χ2v) is 8.18. The highest BCUT2D eigenvalue weighted by Gasteiger charge is 2.52. The third kappa shape index (κ3) is 2.30. The van der Waals surface area contributed by atoms with Crippen LogP contribution in [0.15, 0.2) is 18.2 Å². The monoisotopic (exact) mass is 354 g/mol. The van der Waals surface area contributed by atoms with E-state index in [-0.39, 0.29) is 29.7 Å². The molecule has 3 saturated heterocycles. The number of benzene rings is 1. The molecule has 26 heavy (non-hydrogen) atoms. The summed E-state index contributed by atoms with van der Waals surface area (Å²) in [6.45, 7) is 2.03. The van der Waals surface area contributed by atoms with Gasteiger partial charge in [0, 0.05) is 43.2 Å². The topological polar surface area (TPSA) is 95.7 Å². The molecule has 3 N–H and O–H groups in total. The predicted octanol–water partition coefficient (Wildman–Crippen LogP) is 0.123. The molecule has 0 radical (unpaired) electrons. The standard InChI is InChI=1S/C19H22N4O3/c20-19-6-13(7-19)22(10-19)8-11-2-1-3-12-9-23(18(26)16(11)12)14-4-5-15(24)21-17(14)25/h1-3,13-14H,4-10,20H2,(H,21,24,25). The molecule has 4 heterocycles. The van der Waals surface area contributed by atoms with Crippen molar-refractivity contribution in [1.29, 1.82) is 0 Å². The highest BCUT2D eigenvalue weighted by Crippen LogP contribution is 2.43. The molecule has 136 valence electrons. The Kier molecular flexibility index (Phi) is 3.30. The lowest BCUT2D eigenvalue weighted by molar-refractivity contribution is -0.136. The van der Waals surface area contributed by atoms with Gasteiger partial charge in [-0.2, -0.15) is 0 Å². The Hall–Kier alpha value is -2.25. The quantitative estimate of drug-likeness (QED) is 0.752. The van der Waals surface area contributed by atoms with Crippen LogP contribution in [-0.2, 0) is 22.7 Å². The van der Waals surface area contributed by atoms with Crippen LogP contribution < -0.4 is 11.1 Å². The molecule has 7 nitrogen and oxygen atoms in total. The fourth-order valence-corrected chi connectivity index (χ4v) is 5.03. The summed E-state index contributed by atoms with van der Waals surface area (Å²) in [7, 11) is 0. The average molecular weight is 354 g/mol. The lowest BCUT2D eigenvalue weighted by Gasteiger charge is -2.33. The Morgan fingerprint density at radius 2 is 2.04 bits per heavy atom. The smallest absolute Gasteiger partial charge is 0.255 e. The first-order chi connectivity index (χ1) is 12.4. The number of hydrogen-bond donors (Lipinski definition) is 2.